The number of nitrogens with one attached hydrogen (secondary N) is 3. The molecule has 1 aliphatic heterocycles. The molecule has 0 bridgehead atoms. The average molecular weight is 277 g/mol. The van der Waals surface area contributed by atoms with Gasteiger partial charge in [0.15, 0.2) is 0 Å². The van der Waals surface area contributed by atoms with Crippen LogP contribution in [0.4, 0.5) is 4.39 Å². The Hall–Kier alpha value is -1.50. The molecule has 108 valence electrons. The zero-order valence-electron chi connectivity index (χ0n) is 11.8. The average Bonchev–Trinajstić information content (AvgIpc) is 2.94. The quantitative estimate of drug-likeness (QED) is 0.790. The normalized spacial score (nSPS) is 23.0. The summed E-state index contributed by atoms with van der Waals surface area (Å²) >= 11 is 0. The predicted molar refractivity (Wildman–Crippen MR) is 76.5 cm³/mol. The maximum atomic E-state index is 13.1. The van der Waals surface area contributed by atoms with E-state index in [1.165, 1.54) is 12.1 Å². The molecule has 0 saturated carbocycles. The number of hydrogen-bond donors (Lipinski definition) is 3. The summed E-state index contributed by atoms with van der Waals surface area (Å²) in [6.45, 7) is 3.84. The Morgan fingerprint density at radius 3 is 3.00 bits per heavy atom. The SMILES string of the molecule is CC1CC(CN(C)Cc2nc3ccc(F)cc3[nH]2)NN1. The number of imidazole rings is 1. The topological polar surface area (TPSA) is 56.0 Å². The second-order valence-electron chi connectivity index (χ2n) is 5.66. The molecule has 6 heteroatoms. The van der Waals surface area contributed by atoms with Crippen molar-refractivity contribution in [3.8, 4) is 0 Å². The molecule has 0 aliphatic carbocycles. The molecule has 2 unspecified atom stereocenters. The van der Waals surface area contributed by atoms with Gasteiger partial charge in [-0.2, -0.15) is 0 Å². The highest BCUT2D eigenvalue weighted by Gasteiger charge is 2.21. The Kier molecular flexibility index (Phi) is 3.69. The Bertz CT molecular complexity index is 596. The number of aromatic nitrogens is 2. The molecule has 0 radical (unpaired) electrons. The number of hydrazine groups is 1. The van der Waals surface area contributed by atoms with Crippen LogP contribution in [0.15, 0.2) is 18.2 Å². The fourth-order valence-electron chi connectivity index (χ4n) is 2.73. The van der Waals surface area contributed by atoms with Crippen molar-refractivity contribution in [2.24, 2.45) is 0 Å². The largest absolute Gasteiger partial charge is 0.341 e. The van der Waals surface area contributed by atoms with Gasteiger partial charge in [-0.15, -0.1) is 0 Å². The second kappa shape index (κ2) is 5.47. The minimum Gasteiger partial charge on any atom is -0.341 e. The van der Waals surface area contributed by atoms with E-state index < -0.39 is 0 Å². The molecule has 1 saturated heterocycles. The van der Waals surface area contributed by atoms with Crippen LogP contribution in [0.5, 0.6) is 0 Å². The van der Waals surface area contributed by atoms with Crippen molar-refractivity contribution in [2.45, 2.75) is 32.0 Å². The minimum absolute atomic E-state index is 0.240. The molecule has 2 aromatic rings. The zero-order valence-corrected chi connectivity index (χ0v) is 11.8. The van der Waals surface area contributed by atoms with Gasteiger partial charge in [-0.25, -0.2) is 9.37 Å². The third-order valence-electron chi connectivity index (χ3n) is 3.62. The third kappa shape index (κ3) is 2.98. The van der Waals surface area contributed by atoms with E-state index >= 15 is 0 Å². The molecular weight excluding hydrogens is 257 g/mol. The fraction of sp³-hybridized carbons (Fsp3) is 0.500. The van der Waals surface area contributed by atoms with E-state index in [0.29, 0.717) is 12.1 Å². The van der Waals surface area contributed by atoms with E-state index in [2.05, 4.69) is 39.7 Å². The number of likely N-dealkylation sites (N-methyl/N-ethyl adjacent to an activating group) is 1. The van der Waals surface area contributed by atoms with Crippen molar-refractivity contribution in [1.29, 1.82) is 0 Å². The van der Waals surface area contributed by atoms with Gasteiger partial charge in [-0.3, -0.25) is 15.8 Å². The summed E-state index contributed by atoms with van der Waals surface area (Å²) in [6.07, 6.45) is 1.12. The highest BCUT2D eigenvalue weighted by atomic mass is 19.1. The molecule has 0 amide bonds. The van der Waals surface area contributed by atoms with Crippen LogP contribution in [0.3, 0.4) is 0 Å². The Labute approximate surface area is 117 Å². The number of hydrogen-bond acceptors (Lipinski definition) is 4. The van der Waals surface area contributed by atoms with Crippen molar-refractivity contribution in [1.82, 2.24) is 25.7 Å². The molecule has 3 rings (SSSR count). The maximum Gasteiger partial charge on any atom is 0.125 e. The van der Waals surface area contributed by atoms with Gasteiger partial charge < -0.3 is 4.98 Å². The van der Waals surface area contributed by atoms with E-state index in [4.69, 9.17) is 0 Å². The summed E-state index contributed by atoms with van der Waals surface area (Å²) < 4.78 is 13.1. The first-order valence-corrected chi connectivity index (χ1v) is 6.94. The summed E-state index contributed by atoms with van der Waals surface area (Å²) in [7, 11) is 2.07. The highest BCUT2D eigenvalue weighted by molar-refractivity contribution is 5.74. The molecule has 5 nitrogen and oxygen atoms in total. The highest BCUT2D eigenvalue weighted by Crippen LogP contribution is 2.14. The standard InChI is InChI=1S/C14H20FN5/c1-9-5-11(19-18-9)7-20(2)8-14-16-12-4-3-10(15)6-13(12)17-14/h3-4,6,9,11,18-19H,5,7-8H2,1-2H3,(H,16,17). The van der Waals surface area contributed by atoms with Crippen LogP contribution >= 0.6 is 0 Å². The van der Waals surface area contributed by atoms with Crippen LogP contribution in [-0.4, -0.2) is 40.5 Å². The van der Waals surface area contributed by atoms with Gasteiger partial charge in [0.25, 0.3) is 0 Å². The lowest BCUT2D eigenvalue weighted by Gasteiger charge is -2.19. The fourth-order valence-corrected chi connectivity index (χ4v) is 2.73. The van der Waals surface area contributed by atoms with E-state index in [9.17, 15) is 4.39 Å². The first-order valence-electron chi connectivity index (χ1n) is 6.94. The number of halogens is 1. The number of fused-ring (bicyclic) bond motifs is 1. The van der Waals surface area contributed by atoms with Crippen LogP contribution in [0.1, 0.15) is 19.2 Å². The van der Waals surface area contributed by atoms with Crippen LogP contribution in [0.25, 0.3) is 11.0 Å². The molecule has 0 spiro atoms. The van der Waals surface area contributed by atoms with E-state index in [-0.39, 0.29) is 5.82 Å². The van der Waals surface area contributed by atoms with Crippen LogP contribution in [-0.2, 0) is 6.54 Å². The lowest BCUT2D eigenvalue weighted by atomic mass is 10.1. The summed E-state index contributed by atoms with van der Waals surface area (Å²) in [6, 6.07) is 5.59. The molecular formula is C14H20FN5. The molecule has 3 N–H and O–H groups in total. The molecule has 1 fully saturated rings. The van der Waals surface area contributed by atoms with Gasteiger partial charge in [0, 0.05) is 18.6 Å². The third-order valence-corrected chi connectivity index (χ3v) is 3.62. The number of nitrogens with zero attached hydrogens (tertiary/aromatic N) is 2. The van der Waals surface area contributed by atoms with Crippen molar-refractivity contribution in [3.63, 3.8) is 0 Å². The van der Waals surface area contributed by atoms with Crippen molar-refractivity contribution in [2.75, 3.05) is 13.6 Å². The maximum absolute atomic E-state index is 13.1. The van der Waals surface area contributed by atoms with E-state index in [1.54, 1.807) is 6.07 Å². The Morgan fingerprint density at radius 1 is 1.40 bits per heavy atom. The predicted octanol–water partition coefficient (Wildman–Crippen LogP) is 1.39. The van der Waals surface area contributed by atoms with Crippen molar-refractivity contribution in [3.05, 3.63) is 29.8 Å². The van der Waals surface area contributed by atoms with E-state index in [1.807, 2.05) is 0 Å². The van der Waals surface area contributed by atoms with Crippen molar-refractivity contribution >= 4 is 11.0 Å². The first kappa shape index (κ1) is 13.5. The van der Waals surface area contributed by atoms with Gasteiger partial charge in [0.2, 0.25) is 0 Å². The summed E-state index contributed by atoms with van der Waals surface area (Å²) in [5.74, 6) is 0.628. The lowest BCUT2D eigenvalue weighted by Crippen LogP contribution is -2.39. The van der Waals surface area contributed by atoms with Gasteiger partial charge in [0.1, 0.15) is 11.6 Å². The Morgan fingerprint density at radius 2 is 2.25 bits per heavy atom. The smallest absolute Gasteiger partial charge is 0.125 e. The summed E-state index contributed by atoms with van der Waals surface area (Å²) in [4.78, 5) is 9.87. The number of H-pyrrole nitrogens is 1. The van der Waals surface area contributed by atoms with Crippen molar-refractivity contribution < 1.29 is 4.39 Å². The van der Waals surface area contributed by atoms with E-state index in [0.717, 1.165) is 36.4 Å². The summed E-state index contributed by atoms with van der Waals surface area (Å²) in [5.41, 5.74) is 8.07. The first-order chi connectivity index (χ1) is 9.60. The number of aromatic amines is 1. The second-order valence-corrected chi connectivity index (χ2v) is 5.66. The van der Waals surface area contributed by atoms with Crippen LogP contribution < -0.4 is 10.9 Å². The molecule has 1 aliphatic rings. The molecule has 1 aromatic heterocycles. The van der Waals surface area contributed by atoms with Crippen LogP contribution in [0, 0.1) is 5.82 Å². The Balaban J connectivity index is 1.63. The van der Waals surface area contributed by atoms with Gasteiger partial charge in [-0.1, -0.05) is 0 Å². The monoisotopic (exact) mass is 277 g/mol. The molecule has 2 atom stereocenters. The zero-order chi connectivity index (χ0) is 14.1. The molecule has 1 aromatic carbocycles. The summed E-state index contributed by atoms with van der Waals surface area (Å²) in [5, 5.41) is 0. The lowest BCUT2D eigenvalue weighted by molar-refractivity contribution is 0.284. The molecule has 20 heavy (non-hydrogen) atoms. The van der Waals surface area contributed by atoms with Gasteiger partial charge in [0.05, 0.1) is 17.6 Å². The minimum atomic E-state index is -0.240. The number of benzene rings is 1. The van der Waals surface area contributed by atoms with Gasteiger partial charge in [-0.05, 0) is 38.6 Å². The number of rotatable bonds is 4. The van der Waals surface area contributed by atoms with Crippen LogP contribution in [0.2, 0.25) is 0 Å². The molecule has 2 heterocycles. The van der Waals surface area contributed by atoms with Gasteiger partial charge >= 0.3 is 0 Å².